The normalized spacial score (nSPS) is 15.9. The van der Waals surface area contributed by atoms with E-state index >= 15 is 0 Å². The minimum Gasteiger partial charge on any atom is -0.478 e. The molecule has 0 aromatic carbocycles. The smallest absolute Gasteiger partial charge is 0.328 e. The molecule has 0 aliphatic heterocycles. The molecule has 0 radical (unpaired) electrons. The Morgan fingerprint density at radius 2 is 2.00 bits per heavy atom. The molecule has 0 spiro atoms. The molecule has 1 saturated carbocycles. The molecule has 1 fully saturated rings. The summed E-state index contributed by atoms with van der Waals surface area (Å²) < 4.78 is 1.83. The van der Waals surface area contributed by atoms with Crippen LogP contribution in [0.3, 0.4) is 0 Å². The van der Waals surface area contributed by atoms with Gasteiger partial charge in [-0.2, -0.15) is 0 Å². The van der Waals surface area contributed by atoms with Crippen molar-refractivity contribution < 1.29 is 9.90 Å². The van der Waals surface area contributed by atoms with Crippen molar-refractivity contribution in [2.45, 2.75) is 45.1 Å². The number of aliphatic carboxylic acids is 1. The van der Waals surface area contributed by atoms with Gasteiger partial charge in [0.2, 0.25) is 0 Å². The van der Waals surface area contributed by atoms with Gasteiger partial charge in [0.05, 0.1) is 0 Å². The predicted molar refractivity (Wildman–Crippen MR) is 74.3 cm³/mol. The molecule has 1 aliphatic carbocycles. The number of nitrogens with zero attached hydrogens (tertiary/aromatic N) is 1. The molecule has 1 heterocycles. The second kappa shape index (κ2) is 4.68. The molecule has 0 amide bonds. The summed E-state index contributed by atoms with van der Waals surface area (Å²) in [7, 11) is 0. The van der Waals surface area contributed by atoms with E-state index in [1.165, 1.54) is 6.08 Å². The van der Waals surface area contributed by atoms with Gasteiger partial charge in [-0.05, 0) is 31.1 Å². The minimum absolute atomic E-state index is 0.0903. The van der Waals surface area contributed by atoms with Crippen LogP contribution in [0.25, 0.3) is 6.08 Å². The van der Waals surface area contributed by atoms with Crippen LogP contribution in [0.4, 0.5) is 0 Å². The molecule has 0 atom stereocenters. The summed E-state index contributed by atoms with van der Waals surface area (Å²) in [5.74, 6) is -1.04. The summed E-state index contributed by atoms with van der Waals surface area (Å²) in [5, 5.41) is 8.64. The van der Waals surface area contributed by atoms with E-state index in [1.54, 1.807) is 6.07 Å². The summed E-state index contributed by atoms with van der Waals surface area (Å²) >= 11 is 0. The molecule has 4 nitrogen and oxygen atoms in total. The number of aromatic nitrogens is 1. The lowest BCUT2D eigenvalue weighted by Gasteiger charge is -2.24. The molecule has 1 aromatic heterocycles. The number of pyridine rings is 1. The number of carbonyl (C=O) groups is 1. The topological polar surface area (TPSA) is 59.3 Å². The van der Waals surface area contributed by atoms with Crippen molar-refractivity contribution >= 4 is 12.0 Å². The second-order valence-corrected chi connectivity index (χ2v) is 6.00. The molecular weight excluding hydrogens is 242 g/mol. The van der Waals surface area contributed by atoms with Gasteiger partial charge in [-0.1, -0.05) is 20.8 Å². The minimum atomic E-state index is -1.04. The summed E-state index contributed by atoms with van der Waals surface area (Å²) in [6, 6.07) is 3.92. The Hall–Kier alpha value is -1.84. The van der Waals surface area contributed by atoms with Gasteiger partial charge in [0.25, 0.3) is 5.56 Å². The fourth-order valence-electron chi connectivity index (χ4n) is 2.16. The van der Waals surface area contributed by atoms with Gasteiger partial charge in [0.15, 0.2) is 0 Å². The van der Waals surface area contributed by atoms with Gasteiger partial charge >= 0.3 is 5.97 Å². The Morgan fingerprint density at radius 1 is 1.37 bits per heavy atom. The standard InChI is InChI=1S/C15H19NO3/c1-15(2,3)12-8-4-10(5-9-13(17)18)14(19)16(12)11-6-7-11/h4-5,8-9,11H,6-7H2,1-3H3,(H,17,18)/b9-5+. The van der Waals surface area contributed by atoms with E-state index < -0.39 is 5.97 Å². The van der Waals surface area contributed by atoms with Gasteiger partial charge < -0.3 is 9.67 Å². The highest BCUT2D eigenvalue weighted by molar-refractivity contribution is 5.85. The zero-order valence-corrected chi connectivity index (χ0v) is 11.5. The molecule has 102 valence electrons. The lowest BCUT2D eigenvalue weighted by atomic mass is 9.90. The van der Waals surface area contributed by atoms with Crippen molar-refractivity contribution in [1.82, 2.24) is 4.57 Å². The summed E-state index contributed by atoms with van der Waals surface area (Å²) in [5.41, 5.74) is 1.25. The van der Waals surface area contributed by atoms with Crippen LogP contribution in [0.15, 0.2) is 23.0 Å². The Bertz CT molecular complexity index is 586. The quantitative estimate of drug-likeness (QED) is 0.851. The van der Waals surface area contributed by atoms with Crippen LogP contribution in [0.5, 0.6) is 0 Å². The molecule has 2 rings (SSSR count). The summed E-state index contributed by atoms with van der Waals surface area (Å²) in [6.45, 7) is 6.23. The maximum absolute atomic E-state index is 12.4. The first kappa shape index (κ1) is 13.6. The highest BCUT2D eigenvalue weighted by Crippen LogP contribution is 2.37. The van der Waals surface area contributed by atoms with Crippen LogP contribution in [-0.2, 0) is 10.2 Å². The van der Waals surface area contributed by atoms with Crippen molar-refractivity contribution in [3.63, 3.8) is 0 Å². The first-order valence-corrected chi connectivity index (χ1v) is 6.48. The molecule has 0 bridgehead atoms. The Morgan fingerprint density at radius 3 is 2.47 bits per heavy atom. The first-order chi connectivity index (χ1) is 8.80. The molecule has 4 heteroatoms. The third kappa shape index (κ3) is 2.95. The van der Waals surface area contributed by atoms with Gasteiger partial charge in [-0.3, -0.25) is 4.79 Å². The van der Waals surface area contributed by atoms with Crippen molar-refractivity contribution in [3.05, 3.63) is 39.8 Å². The predicted octanol–water partition coefficient (Wildman–Crippen LogP) is 2.58. The lowest BCUT2D eigenvalue weighted by molar-refractivity contribution is -0.131. The van der Waals surface area contributed by atoms with Gasteiger partial charge in [-0.15, -0.1) is 0 Å². The van der Waals surface area contributed by atoms with E-state index in [1.807, 2.05) is 10.6 Å². The van der Waals surface area contributed by atoms with E-state index in [2.05, 4.69) is 20.8 Å². The highest BCUT2D eigenvalue weighted by Gasteiger charge is 2.30. The fraction of sp³-hybridized carbons (Fsp3) is 0.467. The van der Waals surface area contributed by atoms with E-state index in [0.29, 0.717) is 5.56 Å². The third-order valence-corrected chi connectivity index (χ3v) is 3.23. The number of carboxylic acid groups (broad SMARTS) is 1. The summed E-state index contributed by atoms with van der Waals surface area (Å²) in [6.07, 6.45) is 4.42. The van der Waals surface area contributed by atoms with Crippen molar-refractivity contribution in [2.75, 3.05) is 0 Å². The second-order valence-electron chi connectivity index (χ2n) is 6.00. The average molecular weight is 261 g/mol. The maximum Gasteiger partial charge on any atom is 0.328 e. The zero-order valence-electron chi connectivity index (χ0n) is 11.5. The average Bonchev–Trinajstić information content (AvgIpc) is 3.09. The number of hydrogen-bond acceptors (Lipinski definition) is 2. The number of carboxylic acids is 1. The van der Waals surface area contributed by atoms with E-state index in [9.17, 15) is 9.59 Å². The molecule has 1 N–H and O–H groups in total. The van der Waals surface area contributed by atoms with E-state index in [-0.39, 0.29) is 17.0 Å². The van der Waals surface area contributed by atoms with Gasteiger partial charge in [0, 0.05) is 28.8 Å². The SMILES string of the molecule is CC(C)(C)c1ccc(/C=C/C(=O)O)c(=O)n1C1CC1. The molecule has 0 unspecified atom stereocenters. The largest absolute Gasteiger partial charge is 0.478 e. The van der Waals surface area contributed by atoms with Crippen molar-refractivity contribution in [2.24, 2.45) is 0 Å². The monoisotopic (exact) mass is 261 g/mol. The Kier molecular flexibility index (Phi) is 3.35. The van der Waals surface area contributed by atoms with E-state index in [0.717, 1.165) is 24.6 Å². The van der Waals surface area contributed by atoms with Crippen LogP contribution in [-0.4, -0.2) is 15.6 Å². The lowest BCUT2D eigenvalue weighted by Crippen LogP contribution is -2.30. The number of hydrogen-bond donors (Lipinski definition) is 1. The molecule has 1 aliphatic rings. The zero-order chi connectivity index (χ0) is 14.2. The van der Waals surface area contributed by atoms with Crippen molar-refractivity contribution in [1.29, 1.82) is 0 Å². The van der Waals surface area contributed by atoms with Crippen LogP contribution in [0.2, 0.25) is 0 Å². The highest BCUT2D eigenvalue weighted by atomic mass is 16.4. The molecule has 0 saturated heterocycles. The Balaban J connectivity index is 2.55. The maximum atomic E-state index is 12.4. The van der Waals surface area contributed by atoms with Gasteiger partial charge in [-0.25, -0.2) is 4.79 Å². The van der Waals surface area contributed by atoms with Crippen LogP contribution < -0.4 is 5.56 Å². The van der Waals surface area contributed by atoms with Crippen LogP contribution >= 0.6 is 0 Å². The van der Waals surface area contributed by atoms with Crippen LogP contribution in [0, 0.1) is 0 Å². The Labute approximate surface area is 112 Å². The summed E-state index contributed by atoms with van der Waals surface area (Å²) in [4.78, 5) is 23.0. The fourth-order valence-corrected chi connectivity index (χ4v) is 2.16. The molecule has 19 heavy (non-hydrogen) atoms. The van der Waals surface area contributed by atoms with Gasteiger partial charge in [0.1, 0.15) is 0 Å². The molecular formula is C15H19NO3. The first-order valence-electron chi connectivity index (χ1n) is 6.48. The number of rotatable bonds is 3. The molecule has 1 aromatic rings. The van der Waals surface area contributed by atoms with E-state index in [4.69, 9.17) is 5.11 Å². The van der Waals surface area contributed by atoms with Crippen molar-refractivity contribution in [3.8, 4) is 0 Å². The van der Waals surface area contributed by atoms with Crippen LogP contribution in [0.1, 0.15) is 50.9 Å². The third-order valence-electron chi connectivity index (χ3n) is 3.23.